The van der Waals surface area contributed by atoms with Gasteiger partial charge in [-0.15, -0.1) is 0 Å². The number of esters is 1. The summed E-state index contributed by atoms with van der Waals surface area (Å²) in [6.45, 7) is 1.42. The third-order valence-corrected chi connectivity index (χ3v) is 5.66. The van der Waals surface area contributed by atoms with E-state index in [1.165, 1.54) is 26.4 Å². The van der Waals surface area contributed by atoms with Crippen molar-refractivity contribution in [3.8, 4) is 5.75 Å². The third-order valence-electron chi connectivity index (χ3n) is 4.50. The van der Waals surface area contributed by atoms with Gasteiger partial charge in [-0.2, -0.15) is 13.2 Å². The van der Waals surface area contributed by atoms with Gasteiger partial charge in [0.25, 0.3) is 0 Å². The Bertz CT molecular complexity index is 849. The van der Waals surface area contributed by atoms with E-state index >= 15 is 0 Å². The molecular formula is C17H20F3NO5S. The van der Waals surface area contributed by atoms with Crippen molar-refractivity contribution >= 4 is 22.1 Å². The van der Waals surface area contributed by atoms with Crippen molar-refractivity contribution < 1.29 is 35.9 Å². The highest BCUT2D eigenvalue weighted by molar-refractivity contribution is 7.90. The molecule has 6 nitrogen and oxygen atoms in total. The molecule has 0 aliphatic heterocycles. The number of fused-ring (bicyclic) bond motifs is 1. The van der Waals surface area contributed by atoms with E-state index in [-0.39, 0.29) is 5.92 Å². The van der Waals surface area contributed by atoms with Gasteiger partial charge in [-0.1, -0.05) is 6.92 Å². The van der Waals surface area contributed by atoms with Crippen LogP contribution in [0.4, 0.5) is 13.2 Å². The molecule has 10 heteroatoms. The standard InChI is InChI=1S/C17H20F3NO5S/c1-10-6-12-8-13(25-2)7-11(4-5-15(22)26-3)16(12)14(10)9-21-27(23,24)17(18,19)20/h4-5,7-8,10,14,21H,6,9H2,1-3H3/b5-4+/t10-,14-/m1/s1. The molecule has 27 heavy (non-hydrogen) atoms. The van der Waals surface area contributed by atoms with Crippen LogP contribution in [0.15, 0.2) is 18.2 Å². The van der Waals surface area contributed by atoms with E-state index in [0.29, 0.717) is 23.3 Å². The van der Waals surface area contributed by atoms with Crippen LogP contribution >= 0.6 is 0 Å². The van der Waals surface area contributed by atoms with E-state index in [1.54, 1.807) is 16.9 Å². The van der Waals surface area contributed by atoms with Gasteiger partial charge >= 0.3 is 21.5 Å². The molecule has 150 valence electrons. The van der Waals surface area contributed by atoms with Gasteiger partial charge in [-0.25, -0.2) is 17.9 Å². The Morgan fingerprint density at radius 3 is 2.56 bits per heavy atom. The van der Waals surface area contributed by atoms with Crippen LogP contribution in [0.1, 0.15) is 29.5 Å². The van der Waals surface area contributed by atoms with E-state index in [2.05, 4.69) is 4.74 Å². The number of methoxy groups -OCH3 is 2. The van der Waals surface area contributed by atoms with Gasteiger partial charge < -0.3 is 9.47 Å². The molecule has 0 aromatic heterocycles. The van der Waals surface area contributed by atoms with Crippen molar-refractivity contribution in [2.24, 2.45) is 5.92 Å². The van der Waals surface area contributed by atoms with E-state index < -0.39 is 34.0 Å². The Morgan fingerprint density at radius 2 is 2.00 bits per heavy atom. The zero-order valence-electron chi connectivity index (χ0n) is 15.0. The van der Waals surface area contributed by atoms with Crippen LogP contribution in [0.3, 0.4) is 0 Å². The minimum Gasteiger partial charge on any atom is -0.497 e. The topological polar surface area (TPSA) is 81.7 Å². The monoisotopic (exact) mass is 407 g/mol. The maximum absolute atomic E-state index is 12.6. The lowest BCUT2D eigenvalue weighted by atomic mass is 9.91. The molecule has 0 fully saturated rings. The lowest BCUT2D eigenvalue weighted by molar-refractivity contribution is -0.134. The van der Waals surface area contributed by atoms with Crippen molar-refractivity contribution in [1.29, 1.82) is 0 Å². The number of alkyl halides is 3. The highest BCUT2D eigenvalue weighted by Crippen LogP contribution is 2.42. The second-order valence-electron chi connectivity index (χ2n) is 6.23. The molecule has 0 unspecified atom stereocenters. The summed E-state index contributed by atoms with van der Waals surface area (Å²) in [4.78, 5) is 11.4. The Morgan fingerprint density at radius 1 is 1.33 bits per heavy atom. The normalized spacial score (nSPS) is 19.9. The second-order valence-corrected chi connectivity index (χ2v) is 7.99. The highest BCUT2D eigenvalue weighted by atomic mass is 32.2. The summed E-state index contributed by atoms with van der Waals surface area (Å²) in [7, 11) is -2.74. The highest BCUT2D eigenvalue weighted by Gasteiger charge is 2.46. The van der Waals surface area contributed by atoms with Crippen molar-refractivity contribution in [3.05, 3.63) is 34.9 Å². The van der Waals surface area contributed by atoms with Crippen LogP contribution in [0, 0.1) is 5.92 Å². The number of hydrogen-bond donors (Lipinski definition) is 1. The summed E-state index contributed by atoms with van der Waals surface area (Å²) in [5.74, 6) is -0.650. The molecule has 0 saturated carbocycles. The summed E-state index contributed by atoms with van der Waals surface area (Å²) in [6, 6.07) is 3.40. The zero-order chi connectivity index (χ0) is 20.4. The Kier molecular flexibility index (Phi) is 6.21. The smallest absolute Gasteiger partial charge is 0.497 e. The van der Waals surface area contributed by atoms with Crippen molar-refractivity contribution in [3.63, 3.8) is 0 Å². The largest absolute Gasteiger partial charge is 0.511 e. The number of benzene rings is 1. The molecule has 0 spiro atoms. The summed E-state index contributed by atoms with van der Waals surface area (Å²) in [5, 5.41) is 0. The number of ether oxygens (including phenoxy) is 2. The van der Waals surface area contributed by atoms with E-state index in [9.17, 15) is 26.4 Å². The lowest BCUT2D eigenvalue weighted by Crippen LogP contribution is -2.39. The number of carbonyl (C=O) groups is 1. The molecular weight excluding hydrogens is 387 g/mol. The maximum atomic E-state index is 12.6. The number of halogens is 3. The predicted molar refractivity (Wildman–Crippen MR) is 92.6 cm³/mol. The predicted octanol–water partition coefficient (Wildman–Crippen LogP) is 2.60. The summed E-state index contributed by atoms with van der Waals surface area (Å²) < 4.78 is 71.9. The average molecular weight is 407 g/mol. The van der Waals surface area contributed by atoms with E-state index in [1.807, 2.05) is 6.92 Å². The fourth-order valence-electron chi connectivity index (χ4n) is 3.17. The number of rotatable bonds is 6. The molecule has 1 aliphatic rings. The molecule has 1 aromatic rings. The van der Waals surface area contributed by atoms with Crippen LogP contribution in [0.5, 0.6) is 5.75 Å². The Labute approximate surface area is 155 Å². The summed E-state index contributed by atoms with van der Waals surface area (Å²) in [6.07, 6.45) is 3.22. The molecule has 1 N–H and O–H groups in total. The van der Waals surface area contributed by atoms with Gasteiger partial charge in [0.2, 0.25) is 0 Å². The first-order valence-corrected chi connectivity index (χ1v) is 9.51. The fourth-order valence-corrected chi connectivity index (χ4v) is 3.73. The molecule has 1 aliphatic carbocycles. The van der Waals surface area contributed by atoms with Crippen LogP contribution in [-0.4, -0.2) is 40.7 Å². The SMILES string of the molecule is COC(=O)/C=C/c1cc(OC)cc2c1[C@H](CNS(=O)(=O)C(F)(F)F)[C@H](C)C2. The molecule has 2 atom stereocenters. The van der Waals surface area contributed by atoms with E-state index in [0.717, 1.165) is 5.56 Å². The molecule has 0 amide bonds. The van der Waals surface area contributed by atoms with E-state index in [4.69, 9.17) is 4.74 Å². The number of hydrogen-bond acceptors (Lipinski definition) is 5. The number of sulfonamides is 1. The van der Waals surface area contributed by atoms with Crippen molar-refractivity contribution in [2.45, 2.75) is 24.8 Å². The maximum Gasteiger partial charge on any atom is 0.511 e. The lowest BCUT2D eigenvalue weighted by Gasteiger charge is -2.20. The fraction of sp³-hybridized carbons (Fsp3) is 0.471. The molecule has 0 heterocycles. The first-order valence-electron chi connectivity index (χ1n) is 8.03. The Balaban J connectivity index is 2.40. The third kappa shape index (κ3) is 4.62. The first kappa shape index (κ1) is 21.2. The second kappa shape index (κ2) is 7.89. The first-order chi connectivity index (χ1) is 12.5. The van der Waals surface area contributed by atoms with Crippen molar-refractivity contribution in [2.75, 3.05) is 20.8 Å². The van der Waals surface area contributed by atoms with Gasteiger partial charge in [-0.05, 0) is 47.2 Å². The summed E-state index contributed by atoms with van der Waals surface area (Å²) >= 11 is 0. The van der Waals surface area contributed by atoms with Gasteiger partial charge in [0.1, 0.15) is 5.75 Å². The van der Waals surface area contributed by atoms with Gasteiger partial charge in [-0.3, -0.25) is 0 Å². The number of carbonyl (C=O) groups excluding carboxylic acids is 1. The average Bonchev–Trinajstić information content (AvgIpc) is 2.91. The Hall–Kier alpha value is -2.07. The van der Waals surface area contributed by atoms with Gasteiger partial charge in [0, 0.05) is 18.5 Å². The molecule has 2 rings (SSSR count). The van der Waals surface area contributed by atoms with Crippen LogP contribution in [0.2, 0.25) is 0 Å². The quantitative estimate of drug-likeness (QED) is 0.579. The molecule has 0 bridgehead atoms. The minimum absolute atomic E-state index is 0.103. The molecule has 0 saturated heterocycles. The van der Waals surface area contributed by atoms with Crippen molar-refractivity contribution in [1.82, 2.24) is 4.72 Å². The summed E-state index contributed by atoms with van der Waals surface area (Å²) in [5.41, 5.74) is -3.28. The van der Waals surface area contributed by atoms with Crippen LogP contribution in [-0.2, 0) is 26.0 Å². The van der Waals surface area contributed by atoms with Crippen LogP contribution in [0.25, 0.3) is 6.08 Å². The molecule has 1 aromatic carbocycles. The minimum atomic E-state index is -5.43. The zero-order valence-corrected chi connectivity index (χ0v) is 15.8. The molecule has 0 radical (unpaired) electrons. The number of nitrogens with one attached hydrogen (secondary N) is 1. The van der Waals surface area contributed by atoms with Crippen LogP contribution < -0.4 is 9.46 Å². The van der Waals surface area contributed by atoms with Gasteiger partial charge in [0.15, 0.2) is 0 Å². The van der Waals surface area contributed by atoms with Gasteiger partial charge in [0.05, 0.1) is 14.2 Å².